The van der Waals surface area contributed by atoms with E-state index in [2.05, 4.69) is 10.6 Å². The average molecular weight is 283 g/mol. The molecule has 0 spiro atoms. The fraction of sp³-hybridized carbons (Fsp3) is 0.125. The lowest BCUT2D eigenvalue weighted by Gasteiger charge is -2.07. The van der Waals surface area contributed by atoms with E-state index < -0.39 is 0 Å². The Bertz CT molecular complexity index is 634. The Labute approximate surface area is 123 Å². The molecule has 0 fully saturated rings. The molecule has 0 aliphatic rings. The maximum Gasteiger partial charge on any atom is 0.255 e. The van der Waals surface area contributed by atoms with E-state index in [1.807, 2.05) is 6.92 Å². The minimum atomic E-state index is -0.222. The van der Waals surface area contributed by atoms with Gasteiger partial charge in [0.25, 0.3) is 11.8 Å². The standard InChI is InChI=1S/C16H17N3O2/c1-2-18-15(20)11-5-9-14(10-6-11)19-16(21)12-3-7-13(17)8-4-12/h3-10H,2,17H2,1H3,(H,18,20)(H,19,21). The van der Waals surface area contributed by atoms with Crippen LogP contribution in [-0.4, -0.2) is 18.4 Å². The number of anilines is 2. The summed E-state index contributed by atoms with van der Waals surface area (Å²) in [6.45, 7) is 2.44. The van der Waals surface area contributed by atoms with Gasteiger partial charge in [-0.15, -0.1) is 0 Å². The molecular formula is C16H17N3O2. The number of benzene rings is 2. The Morgan fingerprint density at radius 2 is 1.43 bits per heavy atom. The SMILES string of the molecule is CCNC(=O)c1ccc(NC(=O)c2ccc(N)cc2)cc1. The monoisotopic (exact) mass is 283 g/mol. The Morgan fingerprint density at radius 1 is 0.905 bits per heavy atom. The minimum Gasteiger partial charge on any atom is -0.399 e. The minimum absolute atomic E-state index is 0.131. The molecule has 2 aromatic rings. The van der Waals surface area contributed by atoms with Gasteiger partial charge in [-0.05, 0) is 55.5 Å². The third-order valence-electron chi connectivity index (χ3n) is 2.92. The van der Waals surface area contributed by atoms with Crippen molar-refractivity contribution in [3.05, 3.63) is 59.7 Å². The first kappa shape index (κ1) is 14.6. The predicted octanol–water partition coefficient (Wildman–Crippen LogP) is 2.27. The molecule has 0 saturated carbocycles. The maximum atomic E-state index is 12.0. The van der Waals surface area contributed by atoms with E-state index in [4.69, 9.17) is 5.73 Å². The molecule has 0 heterocycles. The third kappa shape index (κ3) is 3.82. The van der Waals surface area contributed by atoms with Gasteiger partial charge in [-0.1, -0.05) is 0 Å². The highest BCUT2D eigenvalue weighted by Crippen LogP contribution is 2.12. The van der Waals surface area contributed by atoms with E-state index in [1.54, 1.807) is 48.5 Å². The first-order chi connectivity index (χ1) is 10.1. The molecule has 0 aliphatic carbocycles. The van der Waals surface area contributed by atoms with E-state index in [0.29, 0.717) is 29.0 Å². The molecule has 4 N–H and O–H groups in total. The topological polar surface area (TPSA) is 84.2 Å². The molecule has 0 saturated heterocycles. The summed E-state index contributed by atoms with van der Waals surface area (Å²) in [4.78, 5) is 23.6. The Hall–Kier alpha value is -2.82. The zero-order valence-corrected chi connectivity index (χ0v) is 11.7. The normalized spacial score (nSPS) is 9.95. The van der Waals surface area contributed by atoms with Gasteiger partial charge < -0.3 is 16.4 Å². The predicted molar refractivity (Wildman–Crippen MR) is 83.3 cm³/mol. The van der Waals surface area contributed by atoms with Crippen LogP contribution < -0.4 is 16.4 Å². The highest BCUT2D eigenvalue weighted by atomic mass is 16.2. The molecule has 2 aromatic carbocycles. The molecule has 0 atom stereocenters. The smallest absolute Gasteiger partial charge is 0.255 e. The Balaban J connectivity index is 2.04. The summed E-state index contributed by atoms with van der Waals surface area (Å²) in [6.07, 6.45) is 0. The van der Waals surface area contributed by atoms with Crippen molar-refractivity contribution < 1.29 is 9.59 Å². The first-order valence-corrected chi connectivity index (χ1v) is 6.65. The molecule has 2 amide bonds. The largest absolute Gasteiger partial charge is 0.399 e. The molecule has 0 aromatic heterocycles. The highest BCUT2D eigenvalue weighted by molar-refractivity contribution is 6.04. The van der Waals surface area contributed by atoms with Gasteiger partial charge in [0, 0.05) is 29.0 Å². The number of nitrogens with one attached hydrogen (secondary N) is 2. The average Bonchev–Trinajstić information content (AvgIpc) is 2.49. The second kappa shape index (κ2) is 6.56. The Morgan fingerprint density at radius 3 is 2.00 bits per heavy atom. The molecule has 0 bridgehead atoms. The number of nitrogens with two attached hydrogens (primary N) is 1. The van der Waals surface area contributed by atoms with E-state index in [1.165, 1.54) is 0 Å². The number of amides is 2. The zero-order chi connectivity index (χ0) is 15.2. The fourth-order valence-corrected chi connectivity index (χ4v) is 1.81. The Kier molecular flexibility index (Phi) is 4.56. The number of carbonyl (C=O) groups is 2. The summed E-state index contributed by atoms with van der Waals surface area (Å²) in [5.41, 5.74) is 7.90. The van der Waals surface area contributed by atoms with Crippen LogP contribution in [0.1, 0.15) is 27.6 Å². The molecule has 5 heteroatoms. The van der Waals surface area contributed by atoms with Crippen LogP contribution >= 0.6 is 0 Å². The summed E-state index contributed by atoms with van der Waals surface area (Å²) in [5, 5.41) is 5.48. The lowest BCUT2D eigenvalue weighted by molar-refractivity contribution is 0.0955. The molecule has 5 nitrogen and oxygen atoms in total. The number of hydrogen-bond acceptors (Lipinski definition) is 3. The number of hydrogen-bond donors (Lipinski definition) is 3. The second-order valence-corrected chi connectivity index (χ2v) is 4.51. The van der Waals surface area contributed by atoms with Crippen molar-refractivity contribution in [3.63, 3.8) is 0 Å². The van der Waals surface area contributed by atoms with E-state index >= 15 is 0 Å². The lowest BCUT2D eigenvalue weighted by atomic mass is 10.1. The molecule has 2 rings (SSSR count). The van der Waals surface area contributed by atoms with Gasteiger partial charge in [0.15, 0.2) is 0 Å². The molecular weight excluding hydrogens is 266 g/mol. The van der Waals surface area contributed by atoms with Gasteiger partial charge in [0.05, 0.1) is 0 Å². The van der Waals surface area contributed by atoms with Gasteiger partial charge in [-0.25, -0.2) is 0 Å². The van der Waals surface area contributed by atoms with Crippen LogP contribution in [0.3, 0.4) is 0 Å². The first-order valence-electron chi connectivity index (χ1n) is 6.65. The number of nitrogen functional groups attached to an aromatic ring is 1. The van der Waals surface area contributed by atoms with Crippen molar-refractivity contribution in [1.29, 1.82) is 0 Å². The van der Waals surface area contributed by atoms with Crippen LogP contribution in [0.5, 0.6) is 0 Å². The summed E-state index contributed by atoms with van der Waals surface area (Å²) in [6, 6.07) is 13.4. The van der Waals surface area contributed by atoms with E-state index in [-0.39, 0.29) is 11.8 Å². The van der Waals surface area contributed by atoms with Crippen molar-refractivity contribution >= 4 is 23.2 Å². The summed E-state index contributed by atoms with van der Waals surface area (Å²) < 4.78 is 0. The third-order valence-corrected chi connectivity index (χ3v) is 2.92. The lowest BCUT2D eigenvalue weighted by Crippen LogP contribution is -2.22. The van der Waals surface area contributed by atoms with Crippen molar-refractivity contribution in [1.82, 2.24) is 5.32 Å². The van der Waals surface area contributed by atoms with Crippen LogP contribution in [-0.2, 0) is 0 Å². The van der Waals surface area contributed by atoms with Crippen LogP contribution in [0.25, 0.3) is 0 Å². The van der Waals surface area contributed by atoms with Crippen LogP contribution in [0.15, 0.2) is 48.5 Å². The zero-order valence-electron chi connectivity index (χ0n) is 11.7. The van der Waals surface area contributed by atoms with Crippen molar-refractivity contribution in [2.24, 2.45) is 0 Å². The summed E-state index contributed by atoms with van der Waals surface area (Å²) in [7, 11) is 0. The van der Waals surface area contributed by atoms with Crippen LogP contribution in [0.2, 0.25) is 0 Å². The number of rotatable bonds is 4. The van der Waals surface area contributed by atoms with Crippen molar-refractivity contribution in [3.8, 4) is 0 Å². The summed E-state index contributed by atoms with van der Waals surface area (Å²) >= 11 is 0. The molecule has 0 aliphatic heterocycles. The molecule has 0 radical (unpaired) electrons. The number of carbonyl (C=O) groups excluding carboxylic acids is 2. The highest BCUT2D eigenvalue weighted by Gasteiger charge is 2.07. The summed E-state index contributed by atoms with van der Waals surface area (Å²) in [5.74, 6) is -0.352. The van der Waals surface area contributed by atoms with Gasteiger partial charge in [0.1, 0.15) is 0 Å². The van der Waals surface area contributed by atoms with E-state index in [9.17, 15) is 9.59 Å². The molecule has 21 heavy (non-hydrogen) atoms. The van der Waals surface area contributed by atoms with E-state index in [0.717, 1.165) is 0 Å². The van der Waals surface area contributed by atoms with Gasteiger partial charge in [-0.3, -0.25) is 9.59 Å². The second-order valence-electron chi connectivity index (χ2n) is 4.51. The van der Waals surface area contributed by atoms with Gasteiger partial charge >= 0.3 is 0 Å². The maximum absolute atomic E-state index is 12.0. The van der Waals surface area contributed by atoms with Crippen LogP contribution in [0.4, 0.5) is 11.4 Å². The van der Waals surface area contributed by atoms with Crippen LogP contribution in [0, 0.1) is 0 Å². The van der Waals surface area contributed by atoms with Gasteiger partial charge in [-0.2, -0.15) is 0 Å². The van der Waals surface area contributed by atoms with Crippen molar-refractivity contribution in [2.45, 2.75) is 6.92 Å². The van der Waals surface area contributed by atoms with Gasteiger partial charge in [0.2, 0.25) is 0 Å². The quantitative estimate of drug-likeness (QED) is 0.753. The van der Waals surface area contributed by atoms with Crippen molar-refractivity contribution in [2.75, 3.05) is 17.6 Å². The molecule has 0 unspecified atom stereocenters. The molecule has 108 valence electrons. The fourth-order valence-electron chi connectivity index (χ4n) is 1.81.